The molecule has 2 aromatic rings. The molecule has 0 aliphatic heterocycles. The summed E-state index contributed by atoms with van der Waals surface area (Å²) < 4.78 is 2.95. The molecule has 17 heavy (non-hydrogen) atoms. The maximum absolute atomic E-state index is 5.96. The van der Waals surface area contributed by atoms with Crippen molar-refractivity contribution in [2.24, 2.45) is 0 Å². The van der Waals surface area contributed by atoms with Crippen molar-refractivity contribution in [2.75, 3.05) is 0 Å². The van der Waals surface area contributed by atoms with E-state index < -0.39 is 0 Å². The van der Waals surface area contributed by atoms with Crippen LogP contribution in [-0.2, 0) is 12.3 Å². The van der Waals surface area contributed by atoms with Gasteiger partial charge in [-0.15, -0.1) is 11.6 Å². The molecule has 3 nitrogen and oxygen atoms in total. The van der Waals surface area contributed by atoms with Gasteiger partial charge in [0.2, 0.25) is 0 Å². The number of hydrogen-bond donors (Lipinski definition) is 0. The summed E-state index contributed by atoms with van der Waals surface area (Å²) in [5, 5.41) is 0. The van der Waals surface area contributed by atoms with Crippen LogP contribution in [0.15, 0.2) is 29.1 Å². The highest BCUT2D eigenvalue weighted by atomic mass is 79.9. The normalized spacial score (nSPS) is 10.8. The van der Waals surface area contributed by atoms with Gasteiger partial charge in [0.05, 0.1) is 5.88 Å². The van der Waals surface area contributed by atoms with Gasteiger partial charge < -0.3 is 0 Å². The van der Waals surface area contributed by atoms with Crippen LogP contribution in [0.25, 0.3) is 5.82 Å². The van der Waals surface area contributed by atoms with Gasteiger partial charge in [-0.1, -0.05) is 6.92 Å². The van der Waals surface area contributed by atoms with Gasteiger partial charge in [-0.3, -0.25) is 4.57 Å². The minimum Gasteiger partial charge on any atom is -0.288 e. The summed E-state index contributed by atoms with van der Waals surface area (Å²) in [6.07, 6.45) is 7.50. The Balaban J connectivity index is 2.48. The highest BCUT2D eigenvalue weighted by Gasteiger charge is 2.10. The lowest BCUT2D eigenvalue weighted by Gasteiger charge is -2.10. The SMILES string of the molecule is CCCc1nccn1-c1ncc(Br)cc1CCl. The molecule has 2 heterocycles. The fourth-order valence-electron chi connectivity index (χ4n) is 1.72. The first kappa shape index (κ1) is 12.6. The molecule has 0 fully saturated rings. The number of nitrogens with zero attached hydrogens (tertiary/aromatic N) is 3. The van der Waals surface area contributed by atoms with E-state index in [-0.39, 0.29) is 0 Å². The van der Waals surface area contributed by atoms with Crippen molar-refractivity contribution in [3.05, 3.63) is 40.5 Å². The lowest BCUT2D eigenvalue weighted by molar-refractivity contribution is 0.794. The van der Waals surface area contributed by atoms with E-state index in [1.807, 2.05) is 16.8 Å². The fraction of sp³-hybridized carbons (Fsp3) is 0.333. The van der Waals surface area contributed by atoms with E-state index in [4.69, 9.17) is 11.6 Å². The van der Waals surface area contributed by atoms with E-state index in [2.05, 4.69) is 32.8 Å². The number of alkyl halides is 1. The van der Waals surface area contributed by atoms with Crippen molar-refractivity contribution in [3.8, 4) is 5.82 Å². The molecule has 0 N–H and O–H groups in total. The van der Waals surface area contributed by atoms with Gasteiger partial charge in [-0.05, 0) is 28.4 Å². The van der Waals surface area contributed by atoms with Crippen molar-refractivity contribution >= 4 is 27.5 Å². The van der Waals surface area contributed by atoms with Crippen LogP contribution >= 0.6 is 27.5 Å². The highest BCUT2D eigenvalue weighted by Crippen LogP contribution is 2.20. The lowest BCUT2D eigenvalue weighted by Crippen LogP contribution is -2.05. The fourth-order valence-corrected chi connectivity index (χ4v) is 2.30. The molecule has 0 saturated heterocycles. The molecule has 0 radical (unpaired) electrons. The highest BCUT2D eigenvalue weighted by molar-refractivity contribution is 9.10. The lowest BCUT2D eigenvalue weighted by atomic mass is 10.2. The topological polar surface area (TPSA) is 30.7 Å². The van der Waals surface area contributed by atoms with Gasteiger partial charge in [-0.25, -0.2) is 9.97 Å². The summed E-state index contributed by atoms with van der Waals surface area (Å²) in [5.41, 5.74) is 0.997. The van der Waals surface area contributed by atoms with Crippen molar-refractivity contribution < 1.29 is 0 Å². The van der Waals surface area contributed by atoms with Gasteiger partial charge in [0, 0.05) is 35.0 Å². The average Bonchev–Trinajstić information content (AvgIpc) is 2.77. The zero-order chi connectivity index (χ0) is 12.3. The minimum atomic E-state index is 0.436. The Morgan fingerprint density at radius 1 is 1.41 bits per heavy atom. The van der Waals surface area contributed by atoms with Gasteiger partial charge in [-0.2, -0.15) is 0 Å². The third-order valence-electron chi connectivity index (χ3n) is 2.47. The third kappa shape index (κ3) is 2.69. The molecule has 0 aliphatic carbocycles. The molecule has 0 unspecified atom stereocenters. The Morgan fingerprint density at radius 3 is 2.94 bits per heavy atom. The van der Waals surface area contributed by atoms with Gasteiger partial charge in [0.1, 0.15) is 11.6 Å². The predicted octanol–water partition coefficient (Wildman–Crippen LogP) is 3.72. The van der Waals surface area contributed by atoms with Crippen LogP contribution in [0, 0.1) is 0 Å². The number of hydrogen-bond acceptors (Lipinski definition) is 2. The largest absolute Gasteiger partial charge is 0.288 e. The second kappa shape index (κ2) is 5.65. The summed E-state index contributed by atoms with van der Waals surface area (Å²) >= 11 is 9.36. The Labute approximate surface area is 114 Å². The van der Waals surface area contributed by atoms with Crippen LogP contribution in [0.3, 0.4) is 0 Å². The maximum Gasteiger partial charge on any atom is 0.142 e. The monoisotopic (exact) mass is 313 g/mol. The average molecular weight is 315 g/mol. The summed E-state index contributed by atoms with van der Waals surface area (Å²) in [6.45, 7) is 2.14. The number of rotatable bonds is 4. The summed E-state index contributed by atoms with van der Waals surface area (Å²) in [4.78, 5) is 8.77. The molecule has 0 bridgehead atoms. The van der Waals surface area contributed by atoms with Crippen LogP contribution in [0.1, 0.15) is 24.7 Å². The molecule has 0 aromatic carbocycles. The molecular weight excluding hydrogens is 302 g/mol. The second-order valence-electron chi connectivity index (χ2n) is 3.73. The Morgan fingerprint density at radius 2 is 2.24 bits per heavy atom. The first-order valence-electron chi connectivity index (χ1n) is 5.49. The standard InChI is InChI=1S/C12H13BrClN3/c1-2-3-11-15-4-5-17(11)12-9(7-14)6-10(13)8-16-12/h4-6,8H,2-3,7H2,1H3. The molecule has 0 saturated carbocycles. The molecule has 5 heteroatoms. The predicted molar refractivity (Wildman–Crippen MR) is 72.6 cm³/mol. The molecular formula is C12H13BrClN3. The maximum atomic E-state index is 5.96. The second-order valence-corrected chi connectivity index (χ2v) is 4.92. The molecule has 0 spiro atoms. The molecule has 0 atom stereocenters. The molecule has 0 aliphatic rings. The van der Waals surface area contributed by atoms with E-state index in [1.54, 1.807) is 12.4 Å². The van der Waals surface area contributed by atoms with Gasteiger partial charge >= 0.3 is 0 Å². The summed E-state index contributed by atoms with van der Waals surface area (Å²) in [7, 11) is 0. The van der Waals surface area contributed by atoms with E-state index in [0.29, 0.717) is 5.88 Å². The number of aryl methyl sites for hydroxylation is 1. The zero-order valence-electron chi connectivity index (χ0n) is 9.53. The third-order valence-corrected chi connectivity index (χ3v) is 3.19. The van der Waals surface area contributed by atoms with E-state index in [0.717, 1.165) is 34.5 Å². The quantitative estimate of drug-likeness (QED) is 0.805. The van der Waals surface area contributed by atoms with Crippen molar-refractivity contribution in [3.63, 3.8) is 0 Å². The zero-order valence-corrected chi connectivity index (χ0v) is 11.9. The Hall–Kier alpha value is -0.870. The van der Waals surface area contributed by atoms with Crippen LogP contribution < -0.4 is 0 Å². The number of pyridine rings is 1. The number of imidazole rings is 1. The van der Waals surface area contributed by atoms with Crippen LogP contribution in [0.2, 0.25) is 0 Å². The smallest absolute Gasteiger partial charge is 0.142 e. The molecule has 90 valence electrons. The van der Waals surface area contributed by atoms with E-state index in [9.17, 15) is 0 Å². The number of aromatic nitrogens is 3. The summed E-state index contributed by atoms with van der Waals surface area (Å²) in [5.74, 6) is 2.32. The van der Waals surface area contributed by atoms with E-state index in [1.165, 1.54) is 0 Å². The van der Waals surface area contributed by atoms with Gasteiger partial charge in [0.25, 0.3) is 0 Å². The van der Waals surface area contributed by atoms with Crippen molar-refractivity contribution in [1.29, 1.82) is 0 Å². The first-order chi connectivity index (χ1) is 8.26. The van der Waals surface area contributed by atoms with E-state index >= 15 is 0 Å². The molecule has 2 aromatic heterocycles. The van der Waals surface area contributed by atoms with Crippen molar-refractivity contribution in [2.45, 2.75) is 25.6 Å². The Bertz CT molecular complexity index is 510. The van der Waals surface area contributed by atoms with Gasteiger partial charge in [0.15, 0.2) is 0 Å². The first-order valence-corrected chi connectivity index (χ1v) is 6.82. The number of halogens is 2. The van der Waals surface area contributed by atoms with Crippen LogP contribution in [-0.4, -0.2) is 14.5 Å². The van der Waals surface area contributed by atoms with Crippen molar-refractivity contribution in [1.82, 2.24) is 14.5 Å². The minimum absolute atomic E-state index is 0.436. The summed E-state index contributed by atoms with van der Waals surface area (Å²) in [6, 6.07) is 1.99. The molecule has 2 rings (SSSR count). The Kier molecular flexibility index (Phi) is 4.18. The molecule has 0 amide bonds. The van der Waals surface area contributed by atoms with Crippen LogP contribution in [0.4, 0.5) is 0 Å². The van der Waals surface area contributed by atoms with Crippen LogP contribution in [0.5, 0.6) is 0 Å².